The Hall–Kier alpha value is -2.09. The Bertz CT molecular complexity index is 926. The molecule has 6 heteroatoms. The molecule has 0 aliphatic heterocycles. The summed E-state index contributed by atoms with van der Waals surface area (Å²) in [4.78, 5) is 14.2. The summed E-state index contributed by atoms with van der Waals surface area (Å²) in [5, 5.41) is 1.37. The van der Waals surface area contributed by atoms with Crippen LogP contribution < -0.4 is 10.6 Å². The minimum absolute atomic E-state index is 0.181. The molecule has 0 heterocycles. The molecule has 29 heavy (non-hydrogen) atoms. The predicted octanol–water partition coefficient (Wildman–Crippen LogP) is 5.68. The van der Waals surface area contributed by atoms with Crippen molar-refractivity contribution in [3.05, 3.63) is 96.6 Å². The molecule has 0 amide bonds. The zero-order chi connectivity index (χ0) is 20.7. The zero-order valence-corrected chi connectivity index (χ0v) is 18.4. The average Bonchev–Trinajstić information content (AvgIpc) is 2.76. The third-order valence-corrected chi connectivity index (χ3v) is 14.2. The van der Waals surface area contributed by atoms with Crippen LogP contribution in [0.1, 0.15) is 24.2 Å². The van der Waals surface area contributed by atoms with Crippen LogP contribution in [0.4, 0.5) is 0 Å². The molecule has 0 aliphatic rings. The third-order valence-electron chi connectivity index (χ3n) is 4.53. The van der Waals surface area contributed by atoms with E-state index in [1.807, 2.05) is 78.9 Å². The number of benzene rings is 3. The lowest BCUT2D eigenvalue weighted by Gasteiger charge is -2.30. The second-order valence-corrected chi connectivity index (χ2v) is 13.7. The topological polar surface area (TPSA) is 52.6 Å². The zero-order valence-electron chi connectivity index (χ0n) is 16.6. The molecule has 0 saturated carbocycles. The summed E-state index contributed by atoms with van der Waals surface area (Å²) in [7, 11) is -3.86. The summed E-state index contributed by atoms with van der Waals surface area (Å²) in [5.74, 6) is 0. The molecule has 0 atom stereocenters. The van der Waals surface area contributed by atoms with Gasteiger partial charge in [-0.05, 0) is 50.2 Å². The summed E-state index contributed by atoms with van der Waals surface area (Å²) in [6.07, 6.45) is 0. The summed E-state index contributed by atoms with van der Waals surface area (Å²) < 4.78 is 26.1. The van der Waals surface area contributed by atoms with Gasteiger partial charge in [-0.1, -0.05) is 54.6 Å². The van der Waals surface area contributed by atoms with Gasteiger partial charge in [-0.15, -0.1) is 0 Å². The molecule has 0 saturated heterocycles. The maximum Gasteiger partial charge on any atom is 0.488 e. The Morgan fingerprint density at radius 2 is 1.10 bits per heavy atom. The third kappa shape index (κ3) is 3.99. The van der Waals surface area contributed by atoms with Gasteiger partial charge in [0.05, 0.1) is 18.8 Å². The van der Waals surface area contributed by atoms with Crippen LogP contribution in [0, 0.1) is 0 Å². The first-order valence-corrected chi connectivity index (χ1v) is 13.6. The van der Waals surface area contributed by atoms with Crippen molar-refractivity contribution < 1.29 is 18.4 Å². The Kier molecular flexibility index (Phi) is 7.16. The van der Waals surface area contributed by atoms with Crippen molar-refractivity contribution in [1.82, 2.24) is 0 Å². The maximum atomic E-state index is 14.4. The summed E-state index contributed by atoms with van der Waals surface area (Å²) >= 11 is 0. The van der Waals surface area contributed by atoms with E-state index in [1.54, 1.807) is 26.0 Å². The van der Waals surface area contributed by atoms with Gasteiger partial charge in [-0.25, -0.2) is 9.36 Å². The minimum atomic E-state index is -3.86. The standard InChI is InChI=1S/C23H25O4P2/c1-3-26-29(25,27-4-2)28(21-16-10-6-11-17-21,22-18-12-7-13-19-22)23(24)20-14-8-5-9-15-20/h5-19H,3-4H2,1-2H3/q+1. The molecule has 0 bridgehead atoms. The Balaban J connectivity index is 2.43. The van der Waals surface area contributed by atoms with Gasteiger partial charge in [-0.3, -0.25) is 9.05 Å². The molecule has 0 aromatic heterocycles. The van der Waals surface area contributed by atoms with Gasteiger partial charge in [0.15, 0.2) is 0 Å². The van der Waals surface area contributed by atoms with Gasteiger partial charge >= 0.3 is 12.8 Å². The van der Waals surface area contributed by atoms with Gasteiger partial charge in [-0.2, -0.15) is 0 Å². The average molecular weight is 427 g/mol. The first-order valence-electron chi connectivity index (χ1n) is 9.60. The monoisotopic (exact) mass is 427 g/mol. The van der Waals surface area contributed by atoms with Crippen molar-refractivity contribution in [2.75, 3.05) is 13.2 Å². The molecule has 3 aromatic carbocycles. The van der Waals surface area contributed by atoms with E-state index in [9.17, 15) is 9.36 Å². The van der Waals surface area contributed by atoms with E-state index < -0.39 is 14.2 Å². The molecule has 3 aromatic rings. The van der Waals surface area contributed by atoms with Crippen molar-refractivity contribution in [1.29, 1.82) is 0 Å². The van der Waals surface area contributed by atoms with Crippen molar-refractivity contribution in [2.45, 2.75) is 13.8 Å². The highest BCUT2D eigenvalue weighted by atomic mass is 32.1. The molecular formula is C23H25O4P2+. The van der Waals surface area contributed by atoms with Gasteiger partial charge in [0.2, 0.25) is 0 Å². The molecular weight excluding hydrogens is 402 g/mol. The van der Waals surface area contributed by atoms with Crippen LogP contribution in [0.5, 0.6) is 0 Å². The van der Waals surface area contributed by atoms with E-state index in [0.29, 0.717) is 16.2 Å². The Morgan fingerprint density at radius 1 is 0.724 bits per heavy atom. The van der Waals surface area contributed by atoms with Crippen LogP contribution in [0.3, 0.4) is 0 Å². The van der Waals surface area contributed by atoms with Crippen LogP contribution in [-0.4, -0.2) is 18.7 Å². The second kappa shape index (κ2) is 9.61. The maximum absolute atomic E-state index is 14.4. The molecule has 0 aliphatic carbocycles. The van der Waals surface area contributed by atoms with E-state index in [0.717, 1.165) is 0 Å². The fraction of sp³-hybridized carbons (Fsp3) is 0.174. The SMILES string of the molecule is CCOP(=O)(OCC)[P+](C(=O)c1ccccc1)(c1ccccc1)c1ccccc1. The molecule has 0 unspecified atom stereocenters. The minimum Gasteiger partial charge on any atom is -0.278 e. The van der Waals surface area contributed by atoms with Crippen LogP contribution in [0.2, 0.25) is 0 Å². The quantitative estimate of drug-likeness (QED) is 0.413. The van der Waals surface area contributed by atoms with Gasteiger partial charge in [0, 0.05) is 0 Å². The van der Waals surface area contributed by atoms with Crippen molar-refractivity contribution in [3.63, 3.8) is 0 Å². The van der Waals surface area contributed by atoms with E-state index >= 15 is 0 Å². The van der Waals surface area contributed by atoms with E-state index in [2.05, 4.69) is 0 Å². The van der Waals surface area contributed by atoms with Crippen LogP contribution in [0.15, 0.2) is 91.0 Å². The number of rotatable bonds is 9. The van der Waals surface area contributed by atoms with Gasteiger partial charge in [0.25, 0.3) is 6.95 Å². The van der Waals surface area contributed by atoms with Crippen molar-refractivity contribution >= 4 is 30.4 Å². The Morgan fingerprint density at radius 3 is 1.48 bits per heavy atom. The van der Waals surface area contributed by atoms with Gasteiger partial charge < -0.3 is 0 Å². The van der Waals surface area contributed by atoms with E-state index in [1.165, 1.54) is 0 Å². The van der Waals surface area contributed by atoms with Crippen molar-refractivity contribution in [3.8, 4) is 0 Å². The largest absolute Gasteiger partial charge is 0.488 e. The van der Waals surface area contributed by atoms with Gasteiger partial charge in [0.1, 0.15) is 10.6 Å². The second-order valence-electron chi connectivity index (χ2n) is 6.28. The van der Waals surface area contributed by atoms with Crippen LogP contribution in [0.25, 0.3) is 0 Å². The molecule has 0 radical (unpaired) electrons. The summed E-state index contributed by atoms with van der Waals surface area (Å²) in [6, 6.07) is 27.6. The van der Waals surface area contributed by atoms with E-state index in [4.69, 9.17) is 9.05 Å². The highest BCUT2D eigenvalue weighted by Crippen LogP contribution is 2.89. The smallest absolute Gasteiger partial charge is 0.278 e. The fourth-order valence-electron chi connectivity index (χ4n) is 3.37. The highest BCUT2D eigenvalue weighted by molar-refractivity contribution is 8.51. The lowest BCUT2D eigenvalue weighted by atomic mass is 10.2. The van der Waals surface area contributed by atoms with Crippen LogP contribution in [-0.2, 0) is 13.6 Å². The molecule has 4 nitrogen and oxygen atoms in total. The lowest BCUT2D eigenvalue weighted by Crippen LogP contribution is -2.30. The molecule has 0 spiro atoms. The Labute approximate surface area is 172 Å². The van der Waals surface area contributed by atoms with Crippen LogP contribution >= 0.6 is 14.2 Å². The predicted molar refractivity (Wildman–Crippen MR) is 121 cm³/mol. The highest BCUT2D eigenvalue weighted by Gasteiger charge is 2.68. The summed E-state index contributed by atoms with van der Waals surface area (Å²) in [5.41, 5.74) is 0.286. The number of carbonyl (C=O) groups excluding carboxylic acids is 1. The number of hydrogen-bond acceptors (Lipinski definition) is 4. The van der Waals surface area contributed by atoms with E-state index in [-0.39, 0.29) is 18.7 Å². The van der Waals surface area contributed by atoms with Crippen molar-refractivity contribution in [2.24, 2.45) is 0 Å². The normalized spacial score (nSPS) is 11.9. The number of hydrogen-bond donors (Lipinski definition) is 0. The fourth-order valence-corrected chi connectivity index (χ4v) is 13.0. The molecule has 150 valence electrons. The number of carbonyl (C=O) groups is 1. The molecule has 0 N–H and O–H groups in total. The lowest BCUT2D eigenvalue weighted by molar-refractivity contribution is 0.108. The molecule has 0 fully saturated rings. The summed E-state index contributed by atoms with van der Waals surface area (Å²) in [6.45, 7) is 0.600. The first-order chi connectivity index (χ1) is 14.1. The molecule has 3 rings (SSSR count). The first kappa shape index (κ1) is 21.6.